The summed E-state index contributed by atoms with van der Waals surface area (Å²) in [5.74, 6) is -0.868. The van der Waals surface area contributed by atoms with Crippen LogP contribution >= 0.6 is 11.6 Å². The number of alkyl carbamates (subject to hydrolysis) is 1. The molecule has 2 heterocycles. The molecule has 1 aliphatic rings. The highest BCUT2D eigenvalue weighted by atomic mass is 35.5. The van der Waals surface area contributed by atoms with Crippen molar-refractivity contribution in [3.8, 4) is 11.3 Å². The van der Waals surface area contributed by atoms with Crippen LogP contribution in [0.25, 0.3) is 22.2 Å². The molecule has 4 amide bonds. The fourth-order valence-corrected chi connectivity index (χ4v) is 5.72. The fourth-order valence-electron chi connectivity index (χ4n) is 5.41. The maximum Gasteiger partial charge on any atom is 0.408 e. The third kappa shape index (κ3) is 7.46. The van der Waals surface area contributed by atoms with Crippen molar-refractivity contribution in [2.24, 2.45) is 0 Å². The highest BCUT2D eigenvalue weighted by molar-refractivity contribution is 6.38. The van der Waals surface area contributed by atoms with Crippen LogP contribution in [0.2, 0.25) is 5.02 Å². The number of H-pyrrole nitrogens is 1. The van der Waals surface area contributed by atoms with E-state index in [0.29, 0.717) is 47.0 Å². The molecular weight excluding hydrogens is 594 g/mol. The van der Waals surface area contributed by atoms with Crippen molar-refractivity contribution in [1.29, 1.82) is 0 Å². The number of anilines is 2. The zero-order chi connectivity index (χ0) is 32.3. The van der Waals surface area contributed by atoms with E-state index >= 15 is 0 Å². The summed E-state index contributed by atoms with van der Waals surface area (Å²) in [5.41, 5.74) is 3.39. The Morgan fingerprint density at radius 3 is 2.31 bits per heavy atom. The van der Waals surface area contributed by atoms with Crippen LogP contribution in [0, 0.1) is 0 Å². The monoisotopic (exact) mass is 629 g/mol. The lowest BCUT2D eigenvalue weighted by Gasteiger charge is -2.29. The van der Waals surface area contributed by atoms with Crippen molar-refractivity contribution in [1.82, 2.24) is 15.2 Å². The number of benzene rings is 3. The zero-order valence-electron chi connectivity index (χ0n) is 25.6. The molecule has 1 aromatic heterocycles. The normalized spacial score (nSPS) is 15.4. The lowest BCUT2D eigenvalue weighted by atomic mass is 10.0. The number of amides is 4. The maximum absolute atomic E-state index is 13.9. The standard InChI is InChI=1S/C34H36ClN5O5/c1-20(41)36-23-14-12-22(13-15-23)29-28(35)25-19-24(16-17-26(25)38-29)37-31(42)27-11-8-18-40(27)32(43)30(21-9-6-5-7-10-21)39-33(44)45-34(2,3)4/h5-7,9-10,12-17,19,27,30,38H,8,11,18H2,1-4H3,(H,36,41)(H,37,42)(H,39,44)/t27-,30-/m0/s1. The largest absolute Gasteiger partial charge is 0.444 e. The van der Waals surface area contributed by atoms with E-state index in [-0.39, 0.29) is 17.7 Å². The second-order valence-electron chi connectivity index (χ2n) is 12.0. The number of carbonyl (C=O) groups is 4. The summed E-state index contributed by atoms with van der Waals surface area (Å²) in [5, 5.41) is 9.62. The molecule has 5 rings (SSSR count). The van der Waals surface area contributed by atoms with Gasteiger partial charge in [-0.15, -0.1) is 0 Å². The number of hydrogen-bond acceptors (Lipinski definition) is 5. The van der Waals surface area contributed by atoms with Crippen molar-refractivity contribution in [3.05, 3.63) is 83.4 Å². The Hall–Kier alpha value is -4.83. The first-order valence-corrected chi connectivity index (χ1v) is 15.1. The average molecular weight is 630 g/mol. The Bertz CT molecular complexity index is 1730. The molecule has 0 spiro atoms. The summed E-state index contributed by atoms with van der Waals surface area (Å²) in [6.07, 6.45) is 0.409. The highest BCUT2D eigenvalue weighted by Gasteiger charge is 2.39. The van der Waals surface area contributed by atoms with Gasteiger partial charge in [0.2, 0.25) is 11.8 Å². The van der Waals surface area contributed by atoms with Gasteiger partial charge in [-0.05, 0) is 75.1 Å². The molecule has 11 heteroatoms. The number of halogens is 1. The Labute approximate surface area is 266 Å². The molecule has 45 heavy (non-hydrogen) atoms. The number of likely N-dealkylation sites (tertiary alicyclic amines) is 1. The molecule has 0 unspecified atom stereocenters. The van der Waals surface area contributed by atoms with E-state index < -0.39 is 23.8 Å². The Kier molecular flexibility index (Phi) is 9.15. The van der Waals surface area contributed by atoms with Crippen molar-refractivity contribution in [3.63, 3.8) is 0 Å². The lowest BCUT2D eigenvalue weighted by molar-refractivity contribution is -0.138. The molecular formula is C34H36ClN5O5. The van der Waals surface area contributed by atoms with Gasteiger partial charge in [0.05, 0.1) is 10.7 Å². The van der Waals surface area contributed by atoms with Crippen LogP contribution in [0.4, 0.5) is 16.2 Å². The first-order valence-electron chi connectivity index (χ1n) is 14.7. The highest BCUT2D eigenvalue weighted by Crippen LogP contribution is 2.36. The van der Waals surface area contributed by atoms with Gasteiger partial charge in [0.1, 0.15) is 17.7 Å². The molecule has 4 aromatic rings. The number of aromatic amines is 1. The Balaban J connectivity index is 1.33. The van der Waals surface area contributed by atoms with E-state index in [9.17, 15) is 19.2 Å². The molecule has 0 radical (unpaired) electrons. The molecule has 4 N–H and O–H groups in total. The molecule has 10 nitrogen and oxygen atoms in total. The van der Waals surface area contributed by atoms with Gasteiger partial charge in [0.15, 0.2) is 0 Å². The Morgan fingerprint density at radius 2 is 1.64 bits per heavy atom. The Morgan fingerprint density at radius 1 is 0.956 bits per heavy atom. The zero-order valence-corrected chi connectivity index (χ0v) is 26.3. The predicted molar refractivity (Wildman–Crippen MR) is 175 cm³/mol. The van der Waals surface area contributed by atoms with Crippen LogP contribution in [0.1, 0.15) is 52.1 Å². The van der Waals surface area contributed by atoms with Gasteiger partial charge in [0.25, 0.3) is 5.91 Å². The van der Waals surface area contributed by atoms with Crippen molar-refractivity contribution >= 4 is 57.7 Å². The van der Waals surface area contributed by atoms with E-state index in [1.165, 1.54) is 11.8 Å². The molecule has 234 valence electrons. The third-order valence-corrected chi connectivity index (χ3v) is 7.77. The quantitative estimate of drug-likeness (QED) is 0.182. The second kappa shape index (κ2) is 13.0. The summed E-state index contributed by atoms with van der Waals surface area (Å²) in [6, 6.07) is 19.9. The van der Waals surface area contributed by atoms with E-state index in [0.717, 1.165) is 16.5 Å². The summed E-state index contributed by atoms with van der Waals surface area (Å²) < 4.78 is 5.42. The lowest BCUT2D eigenvalue weighted by Crippen LogP contribution is -2.49. The molecule has 0 saturated carbocycles. The van der Waals surface area contributed by atoms with E-state index in [1.807, 2.05) is 24.3 Å². The van der Waals surface area contributed by atoms with E-state index in [1.54, 1.807) is 69.3 Å². The van der Waals surface area contributed by atoms with Crippen LogP contribution in [0.15, 0.2) is 72.8 Å². The van der Waals surface area contributed by atoms with Crippen molar-refractivity contribution in [2.75, 3.05) is 17.2 Å². The third-order valence-electron chi connectivity index (χ3n) is 7.38. The predicted octanol–water partition coefficient (Wildman–Crippen LogP) is 6.64. The van der Waals surface area contributed by atoms with Crippen LogP contribution in [-0.4, -0.2) is 51.9 Å². The first kappa shape index (κ1) is 31.6. The number of nitrogens with zero attached hydrogens (tertiary/aromatic N) is 1. The summed E-state index contributed by atoms with van der Waals surface area (Å²) in [6.45, 7) is 7.07. The average Bonchev–Trinajstić information content (AvgIpc) is 3.61. The minimum atomic E-state index is -1.02. The van der Waals surface area contributed by atoms with Crippen LogP contribution in [-0.2, 0) is 19.1 Å². The maximum atomic E-state index is 13.9. The number of nitrogens with one attached hydrogen (secondary N) is 4. The number of fused-ring (bicyclic) bond motifs is 1. The van der Waals surface area contributed by atoms with Crippen molar-refractivity contribution < 1.29 is 23.9 Å². The van der Waals surface area contributed by atoms with Gasteiger partial charge in [-0.25, -0.2) is 4.79 Å². The number of carbonyl (C=O) groups excluding carboxylic acids is 4. The van der Waals surface area contributed by atoms with Gasteiger partial charge in [0, 0.05) is 35.7 Å². The number of rotatable bonds is 7. The summed E-state index contributed by atoms with van der Waals surface area (Å²) in [4.78, 5) is 56.3. The van der Waals surface area contributed by atoms with E-state index in [4.69, 9.17) is 16.3 Å². The number of ether oxygens (including phenoxy) is 1. The summed E-state index contributed by atoms with van der Waals surface area (Å²) >= 11 is 6.78. The van der Waals surface area contributed by atoms with Gasteiger partial charge >= 0.3 is 6.09 Å². The van der Waals surface area contributed by atoms with Gasteiger partial charge in [-0.1, -0.05) is 54.1 Å². The first-order chi connectivity index (χ1) is 21.4. The SMILES string of the molecule is CC(=O)Nc1ccc(-c2[nH]c3ccc(NC(=O)[C@@H]4CCCN4C(=O)[C@@H](NC(=O)OC(C)(C)C)c4ccccc4)cc3c2Cl)cc1. The van der Waals surface area contributed by atoms with Gasteiger partial charge in [-0.3, -0.25) is 14.4 Å². The molecule has 1 saturated heterocycles. The molecule has 0 aliphatic carbocycles. The van der Waals surface area contributed by atoms with Crippen LogP contribution in [0.5, 0.6) is 0 Å². The van der Waals surface area contributed by atoms with Crippen LogP contribution < -0.4 is 16.0 Å². The number of aromatic nitrogens is 1. The molecule has 1 aliphatic heterocycles. The van der Waals surface area contributed by atoms with Crippen molar-refractivity contribution in [2.45, 2.75) is 58.2 Å². The molecule has 3 aromatic carbocycles. The minimum Gasteiger partial charge on any atom is -0.444 e. The fraction of sp³-hybridized carbons (Fsp3) is 0.294. The van der Waals surface area contributed by atoms with Crippen LogP contribution in [0.3, 0.4) is 0 Å². The van der Waals surface area contributed by atoms with Gasteiger partial charge < -0.3 is 30.6 Å². The molecule has 0 bridgehead atoms. The topological polar surface area (TPSA) is 133 Å². The van der Waals surface area contributed by atoms with E-state index in [2.05, 4.69) is 20.9 Å². The smallest absolute Gasteiger partial charge is 0.408 e. The molecule has 1 fully saturated rings. The second-order valence-corrected chi connectivity index (χ2v) is 12.4. The summed E-state index contributed by atoms with van der Waals surface area (Å²) in [7, 11) is 0. The van der Waals surface area contributed by atoms with Gasteiger partial charge in [-0.2, -0.15) is 0 Å². The molecule has 2 atom stereocenters. The minimum absolute atomic E-state index is 0.153. The number of hydrogen-bond donors (Lipinski definition) is 4.